The van der Waals surface area contributed by atoms with Gasteiger partial charge < -0.3 is 10.1 Å². The summed E-state index contributed by atoms with van der Waals surface area (Å²) >= 11 is 0. The maximum Gasteiger partial charge on any atom is 0.261 e. The highest BCUT2D eigenvalue weighted by Crippen LogP contribution is 2.18. The Morgan fingerprint density at radius 3 is 2.29 bits per heavy atom. The monoisotopic (exact) mass is 480 g/mol. The number of carbonyl (C=O) groups excluding carboxylic acids is 1. The van der Waals surface area contributed by atoms with E-state index in [0.717, 1.165) is 23.6 Å². The molecule has 0 atom stereocenters. The molecule has 0 aliphatic heterocycles. The number of carbonyl (C=O) groups is 1. The van der Waals surface area contributed by atoms with Crippen molar-refractivity contribution in [3.8, 4) is 11.4 Å². The standard InChI is InChI=1S/C24H21FN4O4S/c1-33-22-10-8-21(9-11-22)29-15-14-20(27-29)16-26-24(30)17-2-6-19(7-3-17)28-34(31,32)23-12-4-18(25)5-13-23/h2-15,28H,16H2,1H3,(H,26,30). The van der Waals surface area contributed by atoms with Crippen LogP contribution in [-0.2, 0) is 16.6 Å². The van der Waals surface area contributed by atoms with E-state index >= 15 is 0 Å². The van der Waals surface area contributed by atoms with Crippen LogP contribution in [0, 0.1) is 5.82 Å². The molecule has 2 N–H and O–H groups in total. The molecule has 0 spiro atoms. The Balaban J connectivity index is 1.35. The van der Waals surface area contributed by atoms with Gasteiger partial charge in [0.25, 0.3) is 15.9 Å². The second kappa shape index (κ2) is 9.75. The number of nitrogens with zero attached hydrogens (tertiary/aromatic N) is 2. The van der Waals surface area contributed by atoms with E-state index in [0.29, 0.717) is 11.3 Å². The predicted molar refractivity (Wildman–Crippen MR) is 125 cm³/mol. The molecule has 3 aromatic carbocycles. The van der Waals surface area contributed by atoms with E-state index in [4.69, 9.17) is 4.74 Å². The number of anilines is 1. The molecule has 0 saturated carbocycles. The molecule has 1 aromatic heterocycles. The van der Waals surface area contributed by atoms with Crippen LogP contribution in [0.4, 0.5) is 10.1 Å². The highest BCUT2D eigenvalue weighted by molar-refractivity contribution is 7.92. The Kier molecular flexibility index (Phi) is 6.60. The fraction of sp³-hybridized carbons (Fsp3) is 0.0833. The Morgan fingerprint density at radius 2 is 1.65 bits per heavy atom. The minimum Gasteiger partial charge on any atom is -0.497 e. The Bertz CT molecular complexity index is 1380. The summed E-state index contributed by atoms with van der Waals surface area (Å²) in [5.74, 6) is -0.105. The lowest BCUT2D eigenvalue weighted by atomic mass is 10.2. The van der Waals surface area contributed by atoms with Gasteiger partial charge in [-0.15, -0.1) is 0 Å². The lowest BCUT2D eigenvalue weighted by Gasteiger charge is -2.09. The summed E-state index contributed by atoms with van der Waals surface area (Å²) in [5.41, 5.74) is 2.17. The van der Waals surface area contributed by atoms with E-state index in [-0.39, 0.29) is 23.0 Å². The molecule has 0 bridgehead atoms. The number of hydrogen-bond donors (Lipinski definition) is 2. The highest BCUT2D eigenvalue weighted by Gasteiger charge is 2.15. The fourth-order valence-corrected chi connectivity index (χ4v) is 4.18. The molecule has 8 nitrogen and oxygen atoms in total. The molecule has 0 unspecified atom stereocenters. The molecule has 10 heteroatoms. The van der Waals surface area contributed by atoms with Crippen molar-refractivity contribution in [3.63, 3.8) is 0 Å². The Labute approximate surface area is 196 Å². The minimum absolute atomic E-state index is 0.0650. The number of amides is 1. The van der Waals surface area contributed by atoms with E-state index in [1.165, 1.54) is 36.4 Å². The highest BCUT2D eigenvalue weighted by atomic mass is 32.2. The summed E-state index contributed by atoms with van der Waals surface area (Å²) in [6.07, 6.45) is 1.80. The lowest BCUT2D eigenvalue weighted by molar-refractivity contribution is 0.0950. The number of methoxy groups -OCH3 is 1. The van der Waals surface area contributed by atoms with Gasteiger partial charge in [0.05, 0.1) is 29.9 Å². The third kappa shape index (κ3) is 5.41. The predicted octanol–water partition coefficient (Wildman–Crippen LogP) is 3.75. The molecule has 0 aliphatic rings. The molecule has 4 rings (SSSR count). The zero-order valence-electron chi connectivity index (χ0n) is 18.1. The van der Waals surface area contributed by atoms with Crippen LogP contribution >= 0.6 is 0 Å². The molecule has 0 saturated heterocycles. The first-order chi connectivity index (χ1) is 16.3. The number of halogens is 1. The van der Waals surface area contributed by atoms with Crippen LogP contribution in [0.5, 0.6) is 5.75 Å². The van der Waals surface area contributed by atoms with Crippen molar-refractivity contribution >= 4 is 21.6 Å². The van der Waals surface area contributed by atoms with E-state index in [1.807, 2.05) is 24.3 Å². The van der Waals surface area contributed by atoms with Gasteiger partial charge in [-0.3, -0.25) is 9.52 Å². The molecule has 0 radical (unpaired) electrons. The maximum atomic E-state index is 13.0. The minimum atomic E-state index is -3.87. The molecule has 0 aliphatic carbocycles. The van der Waals surface area contributed by atoms with Crippen LogP contribution in [0.2, 0.25) is 0 Å². The second-order valence-electron chi connectivity index (χ2n) is 7.27. The van der Waals surface area contributed by atoms with Gasteiger partial charge in [0, 0.05) is 17.4 Å². The first kappa shape index (κ1) is 23.0. The number of hydrogen-bond acceptors (Lipinski definition) is 5. The van der Waals surface area contributed by atoms with Crippen LogP contribution in [0.1, 0.15) is 16.1 Å². The van der Waals surface area contributed by atoms with Gasteiger partial charge in [0.15, 0.2) is 0 Å². The summed E-state index contributed by atoms with van der Waals surface area (Å²) in [7, 11) is -2.27. The SMILES string of the molecule is COc1ccc(-n2ccc(CNC(=O)c3ccc(NS(=O)(=O)c4ccc(F)cc4)cc3)n2)cc1. The van der Waals surface area contributed by atoms with Crippen LogP contribution in [0.15, 0.2) is 90.0 Å². The molecule has 1 heterocycles. The van der Waals surface area contributed by atoms with Crippen molar-refractivity contribution in [2.24, 2.45) is 0 Å². The molecule has 0 fully saturated rings. The average Bonchev–Trinajstić information content (AvgIpc) is 3.32. The molecular formula is C24H21FN4O4S. The lowest BCUT2D eigenvalue weighted by Crippen LogP contribution is -2.23. The third-order valence-electron chi connectivity index (χ3n) is 4.93. The third-order valence-corrected chi connectivity index (χ3v) is 6.33. The van der Waals surface area contributed by atoms with Crippen molar-refractivity contribution in [2.45, 2.75) is 11.4 Å². The van der Waals surface area contributed by atoms with Crippen molar-refractivity contribution in [3.05, 3.63) is 102 Å². The topological polar surface area (TPSA) is 102 Å². The summed E-state index contributed by atoms with van der Waals surface area (Å²) in [4.78, 5) is 12.4. The van der Waals surface area contributed by atoms with E-state index in [9.17, 15) is 17.6 Å². The number of ether oxygens (including phenoxy) is 1. The van der Waals surface area contributed by atoms with Crippen LogP contribution in [0.25, 0.3) is 5.69 Å². The molecule has 174 valence electrons. The number of aromatic nitrogens is 2. The van der Waals surface area contributed by atoms with E-state index in [1.54, 1.807) is 24.1 Å². The first-order valence-electron chi connectivity index (χ1n) is 10.2. The van der Waals surface area contributed by atoms with Gasteiger partial charge in [-0.1, -0.05) is 0 Å². The van der Waals surface area contributed by atoms with Crippen molar-refractivity contribution in [1.82, 2.24) is 15.1 Å². The number of benzene rings is 3. The Morgan fingerprint density at radius 1 is 0.971 bits per heavy atom. The van der Waals surface area contributed by atoms with Gasteiger partial charge in [0.1, 0.15) is 11.6 Å². The summed E-state index contributed by atoms with van der Waals surface area (Å²) < 4.78 is 47.1. The van der Waals surface area contributed by atoms with Crippen molar-refractivity contribution in [1.29, 1.82) is 0 Å². The van der Waals surface area contributed by atoms with E-state index < -0.39 is 15.8 Å². The molecular weight excluding hydrogens is 459 g/mol. The van der Waals surface area contributed by atoms with Gasteiger partial charge in [-0.25, -0.2) is 17.5 Å². The number of nitrogens with one attached hydrogen (secondary N) is 2. The second-order valence-corrected chi connectivity index (χ2v) is 8.95. The molecule has 1 amide bonds. The van der Waals surface area contributed by atoms with Crippen LogP contribution in [0.3, 0.4) is 0 Å². The average molecular weight is 481 g/mol. The summed E-state index contributed by atoms with van der Waals surface area (Å²) in [5, 5.41) is 7.24. The van der Waals surface area contributed by atoms with Gasteiger partial charge >= 0.3 is 0 Å². The molecule has 4 aromatic rings. The smallest absolute Gasteiger partial charge is 0.261 e. The quantitative estimate of drug-likeness (QED) is 0.400. The zero-order valence-corrected chi connectivity index (χ0v) is 18.9. The first-order valence-corrected chi connectivity index (χ1v) is 11.7. The summed E-state index contributed by atoms with van der Waals surface area (Å²) in [6, 6.07) is 19.7. The fourth-order valence-electron chi connectivity index (χ4n) is 3.13. The maximum absolute atomic E-state index is 13.0. The van der Waals surface area contributed by atoms with Crippen LogP contribution < -0.4 is 14.8 Å². The van der Waals surface area contributed by atoms with Gasteiger partial charge in [-0.05, 0) is 78.9 Å². The van der Waals surface area contributed by atoms with Gasteiger partial charge in [-0.2, -0.15) is 5.10 Å². The number of sulfonamides is 1. The normalized spacial score (nSPS) is 11.1. The van der Waals surface area contributed by atoms with Crippen molar-refractivity contribution < 1.29 is 22.3 Å². The number of rotatable bonds is 8. The van der Waals surface area contributed by atoms with Gasteiger partial charge in [0.2, 0.25) is 0 Å². The Hall–Kier alpha value is -4.18. The summed E-state index contributed by atoms with van der Waals surface area (Å²) in [6.45, 7) is 0.223. The van der Waals surface area contributed by atoms with E-state index in [2.05, 4.69) is 15.1 Å². The largest absolute Gasteiger partial charge is 0.497 e. The van der Waals surface area contributed by atoms with Crippen LogP contribution in [-0.4, -0.2) is 31.2 Å². The zero-order chi connectivity index (χ0) is 24.1. The van der Waals surface area contributed by atoms with Crippen molar-refractivity contribution in [2.75, 3.05) is 11.8 Å². The molecule has 34 heavy (non-hydrogen) atoms.